The van der Waals surface area contributed by atoms with Crippen LogP contribution in [0.5, 0.6) is 0 Å². The second kappa shape index (κ2) is 5.29. The van der Waals surface area contributed by atoms with Crippen molar-refractivity contribution in [3.63, 3.8) is 0 Å². The van der Waals surface area contributed by atoms with E-state index in [2.05, 4.69) is 17.5 Å². The summed E-state index contributed by atoms with van der Waals surface area (Å²) in [5.41, 5.74) is 5.17. The molecule has 1 N–H and O–H groups in total. The largest absolute Gasteiger partial charge is 0.271 e. The molecule has 1 aromatic rings. The maximum atomic E-state index is 11.5. The predicted molar refractivity (Wildman–Crippen MR) is 62.1 cm³/mol. The summed E-state index contributed by atoms with van der Waals surface area (Å²) in [6.07, 6.45) is 0.980. The highest BCUT2D eigenvalue weighted by Crippen LogP contribution is 2.04. The number of hydrazone groups is 1. The first-order chi connectivity index (χ1) is 7.13. The molecular weight excluding hydrogens is 188 g/mol. The van der Waals surface area contributed by atoms with Crippen molar-refractivity contribution in [1.82, 2.24) is 5.43 Å². The molecule has 0 saturated carbocycles. The number of rotatable bonds is 3. The molecule has 0 heterocycles. The normalized spacial score (nSPS) is 9.53. The summed E-state index contributed by atoms with van der Waals surface area (Å²) in [5, 5.41) is 3.86. The van der Waals surface area contributed by atoms with Crippen LogP contribution in [-0.4, -0.2) is 11.6 Å². The van der Waals surface area contributed by atoms with Crippen molar-refractivity contribution < 1.29 is 4.79 Å². The molecule has 0 saturated heterocycles. The van der Waals surface area contributed by atoms with E-state index in [1.54, 1.807) is 0 Å². The monoisotopic (exact) mass is 204 g/mol. The van der Waals surface area contributed by atoms with Gasteiger partial charge in [0, 0.05) is 11.3 Å². The molecule has 1 amide bonds. The van der Waals surface area contributed by atoms with Gasteiger partial charge in [-0.1, -0.05) is 19.1 Å². The van der Waals surface area contributed by atoms with Gasteiger partial charge in [-0.3, -0.25) is 4.79 Å². The highest BCUT2D eigenvalue weighted by Gasteiger charge is 2.02. The topological polar surface area (TPSA) is 41.5 Å². The molecule has 0 aliphatic rings. The molecule has 0 radical (unpaired) electrons. The van der Waals surface area contributed by atoms with Gasteiger partial charge in [0.2, 0.25) is 0 Å². The standard InChI is InChI=1S/C12H16N2O/c1-4-10-5-7-11(8-6-10)12(15)14-13-9(2)3/h5-8H,4H2,1-3H3,(H,14,15). The second-order valence-electron chi connectivity index (χ2n) is 3.55. The van der Waals surface area contributed by atoms with Crippen LogP contribution in [0.25, 0.3) is 0 Å². The molecule has 1 aromatic carbocycles. The third kappa shape index (κ3) is 3.54. The van der Waals surface area contributed by atoms with Gasteiger partial charge >= 0.3 is 0 Å². The number of carbonyl (C=O) groups is 1. The van der Waals surface area contributed by atoms with Gasteiger partial charge in [-0.15, -0.1) is 0 Å². The molecule has 3 nitrogen and oxygen atoms in total. The summed E-state index contributed by atoms with van der Waals surface area (Å²) < 4.78 is 0. The maximum absolute atomic E-state index is 11.5. The summed E-state index contributed by atoms with van der Waals surface area (Å²) in [6.45, 7) is 5.75. The number of nitrogens with one attached hydrogen (secondary N) is 1. The lowest BCUT2D eigenvalue weighted by Crippen LogP contribution is -2.18. The minimum atomic E-state index is -0.168. The Balaban J connectivity index is 2.70. The van der Waals surface area contributed by atoms with E-state index in [-0.39, 0.29) is 5.91 Å². The van der Waals surface area contributed by atoms with Crippen LogP contribution in [0.3, 0.4) is 0 Å². The molecule has 0 aliphatic carbocycles. The molecule has 0 spiro atoms. The van der Waals surface area contributed by atoms with Gasteiger partial charge in [0.05, 0.1) is 0 Å². The van der Waals surface area contributed by atoms with E-state index in [4.69, 9.17) is 0 Å². The SMILES string of the molecule is CCc1ccc(C(=O)NN=C(C)C)cc1. The Hall–Kier alpha value is -1.64. The van der Waals surface area contributed by atoms with E-state index < -0.39 is 0 Å². The lowest BCUT2D eigenvalue weighted by molar-refractivity contribution is 0.0955. The van der Waals surface area contributed by atoms with Crippen LogP contribution in [0.2, 0.25) is 0 Å². The van der Waals surface area contributed by atoms with E-state index in [1.165, 1.54) is 5.56 Å². The first-order valence-electron chi connectivity index (χ1n) is 5.03. The fourth-order valence-electron chi connectivity index (χ4n) is 1.12. The molecule has 0 aromatic heterocycles. The first kappa shape index (κ1) is 11.4. The van der Waals surface area contributed by atoms with Gasteiger partial charge < -0.3 is 0 Å². The van der Waals surface area contributed by atoms with E-state index in [9.17, 15) is 4.79 Å². The van der Waals surface area contributed by atoms with Crippen LogP contribution in [-0.2, 0) is 6.42 Å². The lowest BCUT2D eigenvalue weighted by atomic mass is 10.1. The molecule has 3 heteroatoms. The van der Waals surface area contributed by atoms with Gasteiger partial charge in [-0.2, -0.15) is 5.10 Å². The predicted octanol–water partition coefficient (Wildman–Crippen LogP) is 2.37. The Morgan fingerprint density at radius 2 is 1.87 bits per heavy atom. The fourth-order valence-corrected chi connectivity index (χ4v) is 1.12. The number of hydrogen-bond donors (Lipinski definition) is 1. The Morgan fingerprint density at radius 3 is 2.33 bits per heavy atom. The molecule has 80 valence electrons. The summed E-state index contributed by atoms with van der Waals surface area (Å²) >= 11 is 0. The number of benzene rings is 1. The van der Waals surface area contributed by atoms with Crippen molar-refractivity contribution in [2.45, 2.75) is 27.2 Å². The van der Waals surface area contributed by atoms with E-state index >= 15 is 0 Å². The van der Waals surface area contributed by atoms with Gasteiger partial charge in [0.25, 0.3) is 5.91 Å². The van der Waals surface area contributed by atoms with Crippen molar-refractivity contribution in [3.05, 3.63) is 35.4 Å². The van der Waals surface area contributed by atoms with Crippen molar-refractivity contribution >= 4 is 11.6 Å². The highest BCUT2D eigenvalue weighted by atomic mass is 16.2. The number of aryl methyl sites for hydroxylation is 1. The number of hydrogen-bond acceptors (Lipinski definition) is 2. The fraction of sp³-hybridized carbons (Fsp3) is 0.333. The molecule has 0 fully saturated rings. The number of amides is 1. The quantitative estimate of drug-likeness (QED) is 0.596. The van der Waals surface area contributed by atoms with Gasteiger partial charge in [0.15, 0.2) is 0 Å². The number of carbonyl (C=O) groups excluding carboxylic acids is 1. The summed E-state index contributed by atoms with van der Waals surface area (Å²) in [7, 11) is 0. The lowest BCUT2D eigenvalue weighted by Gasteiger charge is -2.01. The van der Waals surface area contributed by atoms with E-state index in [0.29, 0.717) is 5.56 Å². The second-order valence-corrected chi connectivity index (χ2v) is 3.55. The average molecular weight is 204 g/mol. The zero-order chi connectivity index (χ0) is 11.3. The smallest absolute Gasteiger partial charge is 0.267 e. The summed E-state index contributed by atoms with van der Waals surface area (Å²) in [6, 6.07) is 7.54. The van der Waals surface area contributed by atoms with Crippen LogP contribution in [0, 0.1) is 0 Å². The molecule has 0 bridgehead atoms. The highest BCUT2D eigenvalue weighted by molar-refractivity contribution is 5.95. The Bertz CT molecular complexity index is 362. The van der Waals surface area contributed by atoms with Crippen molar-refractivity contribution in [2.75, 3.05) is 0 Å². The van der Waals surface area contributed by atoms with E-state index in [1.807, 2.05) is 38.1 Å². The minimum absolute atomic E-state index is 0.168. The van der Waals surface area contributed by atoms with Crippen LogP contribution < -0.4 is 5.43 Å². The summed E-state index contributed by atoms with van der Waals surface area (Å²) in [5.74, 6) is -0.168. The van der Waals surface area contributed by atoms with Gasteiger partial charge in [0.1, 0.15) is 0 Å². The number of nitrogens with zero attached hydrogens (tertiary/aromatic N) is 1. The van der Waals surface area contributed by atoms with E-state index in [0.717, 1.165) is 12.1 Å². The first-order valence-corrected chi connectivity index (χ1v) is 5.03. The van der Waals surface area contributed by atoms with Crippen LogP contribution in [0.15, 0.2) is 29.4 Å². The van der Waals surface area contributed by atoms with Crippen molar-refractivity contribution in [1.29, 1.82) is 0 Å². The summed E-state index contributed by atoms with van der Waals surface area (Å²) in [4.78, 5) is 11.5. The zero-order valence-corrected chi connectivity index (χ0v) is 9.37. The van der Waals surface area contributed by atoms with Crippen LogP contribution >= 0.6 is 0 Å². The Labute approximate surface area is 90.2 Å². The minimum Gasteiger partial charge on any atom is -0.267 e. The molecule has 0 aliphatic heterocycles. The molecule has 1 rings (SSSR count). The average Bonchev–Trinajstić information content (AvgIpc) is 2.26. The molecule has 15 heavy (non-hydrogen) atoms. The van der Waals surface area contributed by atoms with Gasteiger partial charge in [-0.25, -0.2) is 5.43 Å². The Morgan fingerprint density at radius 1 is 1.27 bits per heavy atom. The molecule has 0 unspecified atom stereocenters. The zero-order valence-electron chi connectivity index (χ0n) is 9.37. The molecule has 0 atom stereocenters. The van der Waals surface area contributed by atoms with Gasteiger partial charge in [-0.05, 0) is 38.0 Å². The molecular formula is C12H16N2O. The van der Waals surface area contributed by atoms with Crippen LogP contribution in [0.4, 0.5) is 0 Å². The third-order valence-corrected chi connectivity index (χ3v) is 2.01. The third-order valence-electron chi connectivity index (χ3n) is 2.01. The van der Waals surface area contributed by atoms with Crippen LogP contribution in [0.1, 0.15) is 36.7 Å². The maximum Gasteiger partial charge on any atom is 0.271 e. The van der Waals surface area contributed by atoms with Crippen molar-refractivity contribution in [2.24, 2.45) is 5.10 Å². The van der Waals surface area contributed by atoms with Crippen molar-refractivity contribution in [3.8, 4) is 0 Å². The Kier molecular flexibility index (Phi) is 4.03.